The summed E-state index contributed by atoms with van der Waals surface area (Å²) in [6.45, 7) is 0. The van der Waals surface area contributed by atoms with Crippen molar-refractivity contribution in [3.8, 4) is 11.4 Å². The number of Topliss-reactive ketones (excluding diaryl/α,β-unsaturated/α-hetero) is 1. The van der Waals surface area contributed by atoms with Crippen LogP contribution in [0.5, 0.6) is 5.75 Å². The Bertz CT molecular complexity index is 1910. The highest BCUT2D eigenvalue weighted by Crippen LogP contribution is 2.48. The number of anilines is 3. The molecule has 0 amide bonds. The van der Waals surface area contributed by atoms with Crippen molar-refractivity contribution in [3.63, 3.8) is 0 Å². The van der Waals surface area contributed by atoms with Crippen LogP contribution in [0.2, 0.25) is 0 Å². The van der Waals surface area contributed by atoms with E-state index in [0.29, 0.717) is 15.9 Å². The van der Waals surface area contributed by atoms with Gasteiger partial charge in [-0.25, -0.2) is 8.78 Å². The van der Waals surface area contributed by atoms with Crippen molar-refractivity contribution in [2.75, 3.05) is 4.90 Å². The Hall–Kier alpha value is -5.27. The van der Waals surface area contributed by atoms with Crippen LogP contribution in [0, 0.1) is 11.6 Å². The van der Waals surface area contributed by atoms with Crippen molar-refractivity contribution < 1.29 is 49.4 Å². The number of rotatable bonds is 7. The Morgan fingerprint density at radius 2 is 1.18 bits per heavy atom. The summed E-state index contributed by atoms with van der Waals surface area (Å²) in [6, 6.07) is 20.1. The van der Waals surface area contributed by atoms with Gasteiger partial charge in [0.1, 0.15) is 22.9 Å². The maximum atomic E-state index is 14.5. The number of alkyl halides is 7. The van der Waals surface area contributed by atoms with E-state index in [-0.39, 0.29) is 16.9 Å². The second kappa shape index (κ2) is 11.0. The molecule has 0 atom stereocenters. The SMILES string of the molecule is O=C(c1c(O)c2ccc(N(c3ccc(F)cc3)c3ccc(F)cc3)cc2n(-c2ccccc2)c1=O)C(F)(F)C(F)(F)C(F)(F)F. The minimum Gasteiger partial charge on any atom is -0.506 e. The van der Waals surface area contributed by atoms with Gasteiger partial charge in [-0.05, 0) is 78.9 Å². The van der Waals surface area contributed by atoms with Gasteiger partial charge in [-0.15, -0.1) is 0 Å². The molecule has 0 spiro atoms. The standard InChI is InChI=1S/C31H17F9N2O3/c32-17-6-10-20(11-7-17)41(21-12-8-18(33)9-13-21)22-14-15-23-24(16-22)42(19-4-2-1-3-5-19)28(45)25(26(23)43)27(44)29(34,35)30(36,37)31(38,39)40/h1-16,43H. The number of pyridine rings is 1. The molecule has 5 aromatic rings. The van der Waals surface area contributed by atoms with Gasteiger partial charge in [0.15, 0.2) is 0 Å². The Morgan fingerprint density at radius 3 is 1.67 bits per heavy atom. The van der Waals surface area contributed by atoms with Gasteiger partial charge >= 0.3 is 18.0 Å². The summed E-state index contributed by atoms with van der Waals surface area (Å²) in [7, 11) is 0. The lowest BCUT2D eigenvalue weighted by Gasteiger charge is -2.28. The molecule has 5 nitrogen and oxygen atoms in total. The largest absolute Gasteiger partial charge is 0.506 e. The Kier molecular flexibility index (Phi) is 7.63. The lowest BCUT2D eigenvalue weighted by Crippen LogP contribution is -2.57. The number of hydrogen-bond donors (Lipinski definition) is 1. The van der Waals surface area contributed by atoms with E-state index in [0.717, 1.165) is 30.3 Å². The van der Waals surface area contributed by atoms with E-state index in [9.17, 15) is 54.2 Å². The fraction of sp³-hybridized carbons (Fsp3) is 0.0968. The van der Waals surface area contributed by atoms with Gasteiger partial charge in [0.2, 0.25) is 5.78 Å². The van der Waals surface area contributed by atoms with Gasteiger partial charge in [-0.3, -0.25) is 14.2 Å². The molecule has 0 fully saturated rings. The Balaban J connectivity index is 1.82. The molecule has 45 heavy (non-hydrogen) atoms. The highest BCUT2D eigenvalue weighted by atomic mass is 19.4. The monoisotopic (exact) mass is 636 g/mol. The third kappa shape index (κ3) is 5.25. The Morgan fingerprint density at radius 1 is 0.689 bits per heavy atom. The third-order valence-electron chi connectivity index (χ3n) is 6.84. The molecule has 0 radical (unpaired) electrons. The highest BCUT2D eigenvalue weighted by Gasteiger charge is 2.76. The minimum absolute atomic E-state index is 0.139. The van der Waals surface area contributed by atoms with Crippen LogP contribution in [0.4, 0.5) is 56.6 Å². The number of benzene rings is 4. The molecular formula is C31H17F9N2O3. The van der Waals surface area contributed by atoms with E-state index in [1.807, 2.05) is 0 Å². The Labute approximate surface area is 247 Å². The molecule has 5 rings (SSSR count). The topological polar surface area (TPSA) is 62.5 Å². The smallest absolute Gasteiger partial charge is 0.460 e. The van der Waals surface area contributed by atoms with Crippen LogP contribution in [0.1, 0.15) is 10.4 Å². The average molecular weight is 636 g/mol. The summed E-state index contributed by atoms with van der Waals surface area (Å²) in [5, 5.41) is 10.3. The molecule has 14 heteroatoms. The van der Waals surface area contributed by atoms with Crippen molar-refractivity contribution in [2.24, 2.45) is 0 Å². The molecule has 0 saturated carbocycles. The lowest BCUT2D eigenvalue weighted by atomic mass is 9.97. The van der Waals surface area contributed by atoms with Crippen LogP contribution in [-0.2, 0) is 0 Å². The first-order valence-corrected chi connectivity index (χ1v) is 12.7. The van der Waals surface area contributed by atoms with Gasteiger partial charge < -0.3 is 10.0 Å². The summed E-state index contributed by atoms with van der Waals surface area (Å²) < 4.78 is 123. The first-order valence-electron chi connectivity index (χ1n) is 12.7. The molecular weight excluding hydrogens is 619 g/mol. The first kappa shape index (κ1) is 31.2. The zero-order valence-electron chi connectivity index (χ0n) is 22.3. The number of aromatic hydroxyl groups is 1. The van der Waals surface area contributed by atoms with Gasteiger partial charge in [0, 0.05) is 28.1 Å². The van der Waals surface area contributed by atoms with Crippen LogP contribution in [-0.4, -0.2) is 33.5 Å². The molecule has 0 saturated heterocycles. The molecule has 0 aliphatic rings. The molecule has 1 aromatic heterocycles. The molecule has 1 heterocycles. The highest BCUT2D eigenvalue weighted by molar-refractivity contribution is 6.08. The lowest BCUT2D eigenvalue weighted by molar-refractivity contribution is -0.339. The summed E-state index contributed by atoms with van der Waals surface area (Å²) in [5.74, 6) is -19.4. The third-order valence-corrected chi connectivity index (χ3v) is 6.84. The molecule has 0 unspecified atom stereocenters. The molecule has 232 valence electrons. The normalized spacial score (nSPS) is 12.4. The van der Waals surface area contributed by atoms with Crippen LogP contribution >= 0.6 is 0 Å². The van der Waals surface area contributed by atoms with Gasteiger partial charge in [0.05, 0.1) is 5.52 Å². The van der Waals surface area contributed by atoms with Crippen LogP contribution in [0.3, 0.4) is 0 Å². The van der Waals surface area contributed by atoms with E-state index in [1.54, 1.807) is 0 Å². The molecule has 1 N–H and O–H groups in total. The number of fused-ring (bicyclic) bond motifs is 1. The second-order valence-corrected chi connectivity index (χ2v) is 9.67. The predicted octanol–water partition coefficient (Wildman–Crippen LogP) is 8.46. The second-order valence-electron chi connectivity index (χ2n) is 9.67. The predicted molar refractivity (Wildman–Crippen MR) is 146 cm³/mol. The number of aromatic nitrogens is 1. The van der Waals surface area contributed by atoms with E-state index in [2.05, 4.69) is 0 Å². The van der Waals surface area contributed by atoms with Gasteiger partial charge in [0.25, 0.3) is 5.56 Å². The minimum atomic E-state index is -6.89. The average Bonchev–Trinajstić information content (AvgIpc) is 2.99. The first-order chi connectivity index (χ1) is 21.1. The maximum Gasteiger partial charge on any atom is 0.460 e. The van der Waals surface area contributed by atoms with Crippen LogP contribution < -0.4 is 10.5 Å². The zero-order valence-corrected chi connectivity index (χ0v) is 22.3. The van der Waals surface area contributed by atoms with Crippen molar-refractivity contribution in [1.29, 1.82) is 0 Å². The number of carbonyl (C=O) groups is 1. The number of halogens is 9. The number of hydrogen-bond acceptors (Lipinski definition) is 4. The number of para-hydroxylation sites is 1. The van der Waals surface area contributed by atoms with Crippen molar-refractivity contribution in [1.82, 2.24) is 4.57 Å². The summed E-state index contributed by atoms with van der Waals surface area (Å²) in [4.78, 5) is 27.7. The van der Waals surface area contributed by atoms with E-state index >= 15 is 0 Å². The quantitative estimate of drug-likeness (QED) is 0.144. The van der Waals surface area contributed by atoms with E-state index in [4.69, 9.17) is 0 Å². The van der Waals surface area contributed by atoms with E-state index in [1.165, 1.54) is 71.6 Å². The van der Waals surface area contributed by atoms with Gasteiger partial charge in [-0.2, -0.15) is 30.7 Å². The molecule has 0 aliphatic heterocycles. The maximum absolute atomic E-state index is 14.5. The van der Waals surface area contributed by atoms with Crippen molar-refractivity contribution in [3.05, 3.63) is 125 Å². The van der Waals surface area contributed by atoms with E-state index < -0.39 is 57.7 Å². The fourth-order valence-corrected chi connectivity index (χ4v) is 4.64. The van der Waals surface area contributed by atoms with Crippen LogP contribution in [0.15, 0.2) is 102 Å². The fourth-order valence-electron chi connectivity index (χ4n) is 4.64. The van der Waals surface area contributed by atoms with Crippen molar-refractivity contribution in [2.45, 2.75) is 18.0 Å². The summed E-state index contributed by atoms with van der Waals surface area (Å²) >= 11 is 0. The zero-order chi connectivity index (χ0) is 32.9. The molecule has 0 aliphatic carbocycles. The molecule has 0 bridgehead atoms. The van der Waals surface area contributed by atoms with Crippen molar-refractivity contribution >= 4 is 33.7 Å². The summed E-state index contributed by atoms with van der Waals surface area (Å²) in [5.41, 5.74) is -3.49. The van der Waals surface area contributed by atoms with Crippen LogP contribution in [0.25, 0.3) is 16.6 Å². The summed E-state index contributed by atoms with van der Waals surface area (Å²) in [6.07, 6.45) is -6.88. The number of ketones is 1. The molecule has 4 aromatic carbocycles. The number of carbonyl (C=O) groups excluding carboxylic acids is 1. The van der Waals surface area contributed by atoms with Gasteiger partial charge in [-0.1, -0.05) is 18.2 Å². The number of nitrogens with zero attached hydrogens (tertiary/aromatic N) is 2.